The summed E-state index contributed by atoms with van der Waals surface area (Å²) in [6.45, 7) is 20.3. The van der Waals surface area contributed by atoms with Crippen LogP contribution in [0.2, 0.25) is 0 Å². The van der Waals surface area contributed by atoms with Crippen LogP contribution in [0.4, 0.5) is 4.79 Å². The van der Waals surface area contributed by atoms with Gasteiger partial charge in [-0.15, -0.1) is 0 Å². The number of urea groups is 1. The number of nitrogens with one attached hydrogen (secondary N) is 2. The number of aryl methyl sites for hydroxylation is 1. The second-order valence-corrected chi connectivity index (χ2v) is 20.1. The molecule has 6 bridgehead atoms. The van der Waals surface area contributed by atoms with Crippen LogP contribution in [0, 0.1) is 11.3 Å². The Kier molecular flexibility index (Phi) is 16.4. The Morgan fingerprint density at radius 3 is 2.51 bits per heavy atom. The number of benzene rings is 1. The summed E-state index contributed by atoms with van der Waals surface area (Å²) in [6, 6.07) is 11.5. The van der Waals surface area contributed by atoms with Crippen molar-refractivity contribution in [1.82, 2.24) is 44.9 Å². The summed E-state index contributed by atoms with van der Waals surface area (Å²) in [5.41, 5.74) is 9.59. The summed E-state index contributed by atoms with van der Waals surface area (Å²) < 4.78 is 16.2. The van der Waals surface area contributed by atoms with Crippen molar-refractivity contribution in [1.29, 1.82) is 0 Å². The zero-order valence-electron chi connectivity index (χ0n) is 42.6. The van der Waals surface area contributed by atoms with Crippen LogP contribution in [-0.2, 0) is 48.2 Å². The monoisotopic (exact) mass is 962 g/mol. The van der Waals surface area contributed by atoms with Crippen LogP contribution in [0.3, 0.4) is 0 Å². The van der Waals surface area contributed by atoms with Crippen molar-refractivity contribution >= 4 is 40.6 Å². The minimum atomic E-state index is -1.08. The van der Waals surface area contributed by atoms with E-state index >= 15 is 0 Å². The number of fused-ring (bicyclic) bond motifs is 6. The quantitative estimate of drug-likeness (QED) is 0.114. The second-order valence-electron chi connectivity index (χ2n) is 20.1. The molecule has 70 heavy (non-hydrogen) atoms. The maximum atomic E-state index is 14.8. The van der Waals surface area contributed by atoms with Crippen LogP contribution in [-0.4, -0.2) is 156 Å². The Bertz CT molecular complexity index is 2570. The Balaban J connectivity index is 1.21. The number of pyridine rings is 2. The van der Waals surface area contributed by atoms with Gasteiger partial charge in [-0.2, -0.15) is 0 Å². The Hall–Kier alpha value is -6.17. The van der Waals surface area contributed by atoms with Crippen LogP contribution in [0.15, 0.2) is 73.7 Å². The number of rotatable bonds is 12. The van der Waals surface area contributed by atoms with Gasteiger partial charge in [0.05, 0.1) is 24.1 Å². The summed E-state index contributed by atoms with van der Waals surface area (Å²) in [5, 5.41) is 5.58. The highest BCUT2D eigenvalue weighted by atomic mass is 16.5. The van der Waals surface area contributed by atoms with Gasteiger partial charge in [0.15, 0.2) is 25.0 Å². The summed E-state index contributed by atoms with van der Waals surface area (Å²) in [6.07, 6.45) is 8.30. The van der Waals surface area contributed by atoms with Crippen LogP contribution >= 0.6 is 0 Å². The number of likely N-dealkylation sites (N-methyl/N-ethyl adjacent to an activating group) is 2. The minimum Gasteiger partial charge on any atom is -0.464 e. The lowest BCUT2D eigenvalue weighted by Gasteiger charge is -2.40. The fourth-order valence-electron chi connectivity index (χ4n) is 10.1. The van der Waals surface area contributed by atoms with Gasteiger partial charge in [-0.1, -0.05) is 40.3 Å². The molecule has 5 amide bonds. The highest BCUT2D eigenvalue weighted by Gasteiger charge is 2.40. The number of ether oxygens (including phenoxy) is 2. The van der Waals surface area contributed by atoms with E-state index in [4.69, 9.17) is 14.5 Å². The van der Waals surface area contributed by atoms with E-state index in [1.807, 2.05) is 55.9 Å². The number of carbonyl (C=O) groups is 5. The SMILES string of the molecule is C=CC(=O)N(C)CCN1CCN(C(=O)N(C)[C@H](C(=O)N[C@H]2C[n+]3cccc(c3)-c3ccc4c(c3)c(c(-c3cccnc3[C@H](C)OC)n4CC)CC(C)(C)COC(=O)[C@@H]3CCCN(N3)C2=O)C(C)C)CC1. The lowest BCUT2D eigenvalue weighted by molar-refractivity contribution is -0.697. The minimum absolute atomic E-state index is 0.0727. The number of methoxy groups -OCH3 is 1. The molecule has 376 valence electrons. The molecule has 3 aliphatic rings. The van der Waals surface area contributed by atoms with Crippen LogP contribution in [0.25, 0.3) is 33.3 Å². The number of carbonyl (C=O) groups excluding carboxylic acids is 5. The molecule has 6 heterocycles. The molecular formula is C53H73N10O7+. The number of hydrogen-bond acceptors (Lipinski definition) is 10. The highest BCUT2D eigenvalue weighted by molar-refractivity contribution is 5.95. The maximum absolute atomic E-state index is 14.8. The van der Waals surface area contributed by atoms with E-state index in [1.165, 1.54) is 16.0 Å². The van der Waals surface area contributed by atoms with Gasteiger partial charge in [0.1, 0.15) is 12.1 Å². The molecule has 3 aliphatic heterocycles. The van der Waals surface area contributed by atoms with Gasteiger partial charge in [-0.25, -0.2) is 14.8 Å². The predicted molar refractivity (Wildman–Crippen MR) is 268 cm³/mol. The van der Waals surface area contributed by atoms with E-state index in [-0.39, 0.29) is 37.1 Å². The normalized spacial score (nSPS) is 19.8. The molecule has 4 aromatic rings. The van der Waals surface area contributed by atoms with E-state index in [1.54, 1.807) is 37.2 Å². The van der Waals surface area contributed by atoms with Gasteiger partial charge in [0, 0.05) is 113 Å². The first kappa shape index (κ1) is 51.7. The highest BCUT2D eigenvalue weighted by Crippen LogP contribution is 2.42. The largest absolute Gasteiger partial charge is 0.464 e. The first-order valence-electron chi connectivity index (χ1n) is 24.7. The first-order valence-corrected chi connectivity index (χ1v) is 24.7. The number of amides is 5. The van der Waals surface area contributed by atoms with Crippen LogP contribution in [0.5, 0.6) is 0 Å². The van der Waals surface area contributed by atoms with Gasteiger partial charge in [0.2, 0.25) is 11.8 Å². The molecule has 2 N–H and O–H groups in total. The third-order valence-electron chi connectivity index (χ3n) is 14.1. The lowest BCUT2D eigenvalue weighted by Crippen LogP contribution is -2.64. The van der Waals surface area contributed by atoms with E-state index in [9.17, 15) is 24.0 Å². The third kappa shape index (κ3) is 11.4. The molecule has 17 nitrogen and oxygen atoms in total. The number of aromatic nitrogens is 3. The smallest absolute Gasteiger partial charge is 0.324 e. The molecule has 17 heteroatoms. The molecule has 3 aromatic heterocycles. The summed E-state index contributed by atoms with van der Waals surface area (Å²) >= 11 is 0. The van der Waals surface area contributed by atoms with Gasteiger partial charge in [-0.3, -0.25) is 34.1 Å². The van der Waals surface area contributed by atoms with Crippen molar-refractivity contribution in [3.05, 3.63) is 85.0 Å². The van der Waals surface area contributed by atoms with Crippen molar-refractivity contribution in [3.8, 4) is 22.4 Å². The van der Waals surface area contributed by atoms with Crippen molar-refractivity contribution in [3.63, 3.8) is 0 Å². The number of hydrazine groups is 1. The summed E-state index contributed by atoms with van der Waals surface area (Å²) in [5.74, 6) is -1.76. The standard InChI is InChI=1S/C53H72N10O7/c1-11-45(64)57(8)24-25-59-26-28-61(29-27-59)52(68)58(9)47(35(3)4)49(65)55-43-33-60-22-14-16-38(32-60)37-19-20-44-40(30-37)41(48(62(44)12-2)39-17-13-21-54-46(39)36(5)69-10)31-53(6,7)34-70-51(67)42-18-15-23-63(56-42)50(43)66/h11,13-14,16-17,19-22,30,32,35-36,42-43,47,56H,1,12,15,18,23-29,31,33-34H2,2-10H3/p+1/t36-,42-,43-,47-/m0/s1. The van der Waals surface area contributed by atoms with Crippen molar-refractivity contribution < 1.29 is 38.0 Å². The number of nitrogens with zero attached hydrogens (tertiary/aromatic N) is 8. The molecular weight excluding hydrogens is 889 g/mol. The molecule has 0 unspecified atom stereocenters. The molecule has 2 saturated heterocycles. The molecule has 0 radical (unpaired) electrons. The number of piperazine rings is 1. The van der Waals surface area contributed by atoms with Crippen molar-refractivity contribution in [2.45, 2.75) is 98.1 Å². The zero-order valence-corrected chi connectivity index (χ0v) is 42.6. The van der Waals surface area contributed by atoms with E-state index in [2.05, 4.69) is 71.8 Å². The average molecular weight is 962 g/mol. The molecule has 4 atom stereocenters. The molecule has 0 saturated carbocycles. The van der Waals surface area contributed by atoms with Gasteiger partial charge >= 0.3 is 12.0 Å². The van der Waals surface area contributed by atoms with Crippen LogP contribution < -0.4 is 15.3 Å². The molecule has 2 fully saturated rings. The maximum Gasteiger partial charge on any atom is 0.324 e. The fourth-order valence-corrected chi connectivity index (χ4v) is 10.1. The second kappa shape index (κ2) is 22.3. The number of esters is 1. The van der Waals surface area contributed by atoms with Gasteiger partial charge < -0.3 is 34.1 Å². The zero-order chi connectivity index (χ0) is 50.4. The fraction of sp³-hybridized carbons (Fsp3) is 0.528. The van der Waals surface area contributed by atoms with E-state index < -0.39 is 41.3 Å². The molecule has 7 rings (SSSR count). The topological polar surface area (TPSA) is 166 Å². The van der Waals surface area contributed by atoms with Crippen LogP contribution in [0.1, 0.15) is 71.7 Å². The first-order chi connectivity index (χ1) is 33.4. The van der Waals surface area contributed by atoms with Gasteiger partial charge in [0.25, 0.3) is 5.91 Å². The van der Waals surface area contributed by atoms with Crippen molar-refractivity contribution in [2.24, 2.45) is 11.3 Å². The van der Waals surface area contributed by atoms with E-state index in [0.717, 1.165) is 44.5 Å². The lowest BCUT2D eigenvalue weighted by atomic mass is 9.84. The average Bonchev–Trinajstić information content (AvgIpc) is 3.67. The summed E-state index contributed by atoms with van der Waals surface area (Å²) in [7, 11) is 5.07. The number of hydrogen-bond donors (Lipinski definition) is 2. The molecule has 0 aliphatic carbocycles. The Morgan fingerprint density at radius 1 is 1.06 bits per heavy atom. The van der Waals surface area contributed by atoms with Crippen molar-refractivity contribution in [2.75, 3.05) is 73.6 Å². The van der Waals surface area contributed by atoms with Gasteiger partial charge in [-0.05, 0) is 86.6 Å². The number of cyclic esters (lactones) is 1. The molecule has 1 aromatic carbocycles. The predicted octanol–water partition coefficient (Wildman–Crippen LogP) is 4.83. The Morgan fingerprint density at radius 2 is 1.81 bits per heavy atom. The Labute approximate surface area is 412 Å². The molecule has 0 spiro atoms. The van der Waals surface area contributed by atoms with E-state index in [0.29, 0.717) is 71.6 Å². The summed E-state index contributed by atoms with van der Waals surface area (Å²) in [4.78, 5) is 81.3. The third-order valence-corrected chi connectivity index (χ3v) is 14.1.